The molecule has 1 aromatic rings. The minimum Gasteiger partial charge on any atom is -0.458 e. The molecule has 0 aliphatic carbocycles. The molecule has 0 spiro atoms. The Balaban J connectivity index is 2.09. The van der Waals surface area contributed by atoms with Crippen LogP contribution in [0.3, 0.4) is 0 Å². The molecule has 116 valence electrons. The van der Waals surface area contributed by atoms with Crippen LogP contribution in [0, 0.1) is 5.82 Å². The Kier molecular flexibility index (Phi) is 9.18. The summed E-state index contributed by atoms with van der Waals surface area (Å²) >= 11 is 0. The fraction of sp³-hybridized carbons (Fsp3) is 0.500. The van der Waals surface area contributed by atoms with Crippen molar-refractivity contribution in [2.45, 2.75) is 51.9 Å². The van der Waals surface area contributed by atoms with Gasteiger partial charge in [0.1, 0.15) is 12.4 Å². The van der Waals surface area contributed by atoms with Crippen LogP contribution in [0.15, 0.2) is 36.4 Å². The molecule has 3 heteroatoms. The second-order valence-electron chi connectivity index (χ2n) is 5.11. The fourth-order valence-corrected chi connectivity index (χ4v) is 2.06. The lowest BCUT2D eigenvalue weighted by Crippen LogP contribution is -2.07. The van der Waals surface area contributed by atoms with Crippen molar-refractivity contribution in [2.24, 2.45) is 0 Å². The summed E-state index contributed by atoms with van der Waals surface area (Å²) in [6, 6.07) is 5.85. The maximum Gasteiger partial charge on any atom is 0.341 e. The molecule has 0 N–H and O–H groups in total. The monoisotopic (exact) mass is 292 g/mol. The third kappa shape index (κ3) is 7.64. The molecule has 0 aliphatic heterocycles. The molecule has 1 aromatic carbocycles. The summed E-state index contributed by atoms with van der Waals surface area (Å²) in [7, 11) is 0. The van der Waals surface area contributed by atoms with Crippen molar-refractivity contribution in [3.63, 3.8) is 0 Å². The molecule has 1 rings (SSSR count). The first-order valence-electron chi connectivity index (χ1n) is 7.82. The van der Waals surface area contributed by atoms with E-state index in [1.165, 1.54) is 50.7 Å². The SMILES string of the molecule is CCCCCCCC/C=C/COC(=O)c1ccccc1F. The molecule has 0 bridgehead atoms. The van der Waals surface area contributed by atoms with Crippen molar-refractivity contribution in [2.75, 3.05) is 6.61 Å². The van der Waals surface area contributed by atoms with Gasteiger partial charge in [-0.2, -0.15) is 0 Å². The lowest BCUT2D eigenvalue weighted by atomic mass is 10.1. The zero-order valence-corrected chi connectivity index (χ0v) is 12.8. The predicted molar refractivity (Wildman–Crippen MR) is 83.8 cm³/mol. The Morgan fingerprint density at radius 2 is 1.81 bits per heavy atom. The number of allylic oxidation sites excluding steroid dienone is 1. The number of ether oxygens (including phenoxy) is 1. The van der Waals surface area contributed by atoms with Gasteiger partial charge in [-0.25, -0.2) is 9.18 Å². The lowest BCUT2D eigenvalue weighted by molar-refractivity contribution is 0.0544. The topological polar surface area (TPSA) is 26.3 Å². The van der Waals surface area contributed by atoms with E-state index in [2.05, 4.69) is 6.92 Å². The van der Waals surface area contributed by atoms with Gasteiger partial charge in [-0.15, -0.1) is 0 Å². The summed E-state index contributed by atoms with van der Waals surface area (Å²) < 4.78 is 18.3. The largest absolute Gasteiger partial charge is 0.458 e. The quantitative estimate of drug-likeness (QED) is 0.333. The second-order valence-corrected chi connectivity index (χ2v) is 5.11. The van der Waals surface area contributed by atoms with Gasteiger partial charge in [-0.05, 0) is 25.0 Å². The molecule has 0 aromatic heterocycles. The minimum atomic E-state index is -0.614. The predicted octanol–water partition coefficient (Wildman–Crippen LogP) is 5.29. The summed E-state index contributed by atoms with van der Waals surface area (Å²) in [5, 5.41) is 0. The van der Waals surface area contributed by atoms with Crippen LogP contribution in [0.1, 0.15) is 62.2 Å². The summed E-state index contributed by atoms with van der Waals surface area (Å²) in [5.74, 6) is -1.16. The number of rotatable bonds is 10. The van der Waals surface area contributed by atoms with Crippen LogP contribution in [-0.2, 0) is 4.74 Å². The van der Waals surface area contributed by atoms with Crippen LogP contribution < -0.4 is 0 Å². The van der Waals surface area contributed by atoms with Crippen molar-refractivity contribution in [1.29, 1.82) is 0 Å². The molecule has 2 nitrogen and oxygen atoms in total. The first kappa shape index (κ1) is 17.4. The molecule has 0 amide bonds. The van der Waals surface area contributed by atoms with Gasteiger partial charge in [-0.1, -0.05) is 63.3 Å². The van der Waals surface area contributed by atoms with Gasteiger partial charge in [0.15, 0.2) is 0 Å². The minimum absolute atomic E-state index is 0.0122. The number of benzene rings is 1. The second kappa shape index (κ2) is 11.1. The summed E-state index contributed by atoms with van der Waals surface area (Å²) in [5.41, 5.74) is -0.0122. The molecule has 0 fully saturated rings. The average Bonchev–Trinajstić information content (AvgIpc) is 2.49. The zero-order valence-electron chi connectivity index (χ0n) is 12.8. The van der Waals surface area contributed by atoms with Crippen LogP contribution in [-0.4, -0.2) is 12.6 Å². The van der Waals surface area contributed by atoms with E-state index in [0.717, 1.165) is 6.42 Å². The van der Waals surface area contributed by atoms with Crippen molar-refractivity contribution in [3.8, 4) is 0 Å². The van der Waals surface area contributed by atoms with Crippen molar-refractivity contribution < 1.29 is 13.9 Å². The number of halogens is 1. The van der Waals surface area contributed by atoms with E-state index in [-0.39, 0.29) is 12.2 Å². The maximum absolute atomic E-state index is 13.3. The molecule has 0 saturated carbocycles. The van der Waals surface area contributed by atoms with Gasteiger partial charge in [0, 0.05) is 0 Å². The Bertz CT molecular complexity index is 441. The van der Waals surface area contributed by atoms with E-state index in [1.54, 1.807) is 12.1 Å². The van der Waals surface area contributed by atoms with E-state index in [0.29, 0.717) is 0 Å². The third-order valence-electron chi connectivity index (χ3n) is 3.30. The van der Waals surface area contributed by atoms with Gasteiger partial charge < -0.3 is 4.74 Å². The molecule has 0 radical (unpaired) electrons. The molecule has 21 heavy (non-hydrogen) atoms. The number of hydrogen-bond acceptors (Lipinski definition) is 2. The highest BCUT2D eigenvalue weighted by molar-refractivity contribution is 5.89. The van der Waals surface area contributed by atoms with E-state index in [1.807, 2.05) is 12.2 Å². The average molecular weight is 292 g/mol. The van der Waals surface area contributed by atoms with E-state index >= 15 is 0 Å². The van der Waals surface area contributed by atoms with E-state index in [4.69, 9.17) is 4.74 Å². The Morgan fingerprint density at radius 1 is 1.10 bits per heavy atom. The first-order valence-corrected chi connectivity index (χ1v) is 7.82. The first-order chi connectivity index (χ1) is 10.3. The van der Waals surface area contributed by atoms with Gasteiger partial charge in [-0.3, -0.25) is 0 Å². The number of esters is 1. The molecule has 0 aliphatic rings. The van der Waals surface area contributed by atoms with Gasteiger partial charge in [0.25, 0.3) is 0 Å². The summed E-state index contributed by atoms with van der Waals surface area (Å²) in [6.07, 6.45) is 12.5. The fourth-order valence-electron chi connectivity index (χ4n) is 2.06. The van der Waals surface area contributed by atoms with Crippen molar-refractivity contribution in [3.05, 3.63) is 47.8 Å². The number of carbonyl (C=O) groups is 1. The number of hydrogen-bond donors (Lipinski definition) is 0. The molecule has 0 heterocycles. The van der Waals surface area contributed by atoms with Gasteiger partial charge in [0.05, 0.1) is 5.56 Å². The Hall–Kier alpha value is -1.64. The Labute approximate surface area is 127 Å². The summed E-state index contributed by atoms with van der Waals surface area (Å²) in [6.45, 7) is 2.41. The van der Waals surface area contributed by atoms with Crippen molar-refractivity contribution >= 4 is 5.97 Å². The van der Waals surface area contributed by atoms with Crippen LogP contribution >= 0.6 is 0 Å². The highest BCUT2D eigenvalue weighted by Gasteiger charge is 2.10. The third-order valence-corrected chi connectivity index (χ3v) is 3.30. The summed E-state index contributed by atoms with van der Waals surface area (Å²) in [4.78, 5) is 11.6. The van der Waals surface area contributed by atoms with Gasteiger partial charge in [0.2, 0.25) is 0 Å². The normalized spacial score (nSPS) is 11.0. The van der Waals surface area contributed by atoms with Crippen LogP contribution in [0.4, 0.5) is 4.39 Å². The van der Waals surface area contributed by atoms with Crippen LogP contribution in [0.2, 0.25) is 0 Å². The molecule has 0 saturated heterocycles. The van der Waals surface area contributed by atoms with Crippen molar-refractivity contribution in [1.82, 2.24) is 0 Å². The number of carbonyl (C=O) groups excluding carboxylic acids is 1. The molecular formula is C18H25FO2. The van der Waals surface area contributed by atoms with E-state index < -0.39 is 11.8 Å². The van der Waals surface area contributed by atoms with E-state index in [9.17, 15) is 9.18 Å². The van der Waals surface area contributed by atoms with Crippen LogP contribution in [0.25, 0.3) is 0 Å². The smallest absolute Gasteiger partial charge is 0.341 e. The number of unbranched alkanes of at least 4 members (excludes halogenated alkanes) is 6. The highest BCUT2D eigenvalue weighted by Crippen LogP contribution is 2.09. The molecule has 0 unspecified atom stereocenters. The lowest BCUT2D eigenvalue weighted by Gasteiger charge is -2.02. The molecular weight excluding hydrogens is 267 g/mol. The Morgan fingerprint density at radius 3 is 2.57 bits per heavy atom. The highest BCUT2D eigenvalue weighted by atomic mass is 19.1. The van der Waals surface area contributed by atoms with Crippen LogP contribution in [0.5, 0.6) is 0 Å². The standard InChI is InChI=1S/C18H25FO2/c1-2-3-4-5-6-7-8-9-12-15-21-18(20)16-13-10-11-14-17(16)19/h9-14H,2-8,15H2,1H3/b12-9+. The maximum atomic E-state index is 13.3. The zero-order chi connectivity index (χ0) is 15.3. The molecule has 0 atom stereocenters. The van der Waals surface area contributed by atoms with Gasteiger partial charge >= 0.3 is 5.97 Å².